The number of rotatable bonds is 11. The van der Waals surface area contributed by atoms with Gasteiger partial charge < -0.3 is 25.0 Å². The van der Waals surface area contributed by atoms with Gasteiger partial charge >= 0.3 is 12.1 Å². The highest BCUT2D eigenvalue weighted by Crippen LogP contribution is 2.24. The van der Waals surface area contributed by atoms with Crippen LogP contribution in [0.5, 0.6) is 0 Å². The van der Waals surface area contributed by atoms with Crippen molar-refractivity contribution < 1.29 is 28.7 Å². The van der Waals surface area contributed by atoms with Crippen LogP contribution in [-0.4, -0.2) is 59.1 Å². The van der Waals surface area contributed by atoms with Crippen molar-refractivity contribution in [3.8, 4) is 0 Å². The summed E-state index contributed by atoms with van der Waals surface area (Å²) in [5, 5.41) is 5.58. The van der Waals surface area contributed by atoms with Crippen LogP contribution in [0.25, 0.3) is 0 Å². The summed E-state index contributed by atoms with van der Waals surface area (Å²) >= 11 is 0. The van der Waals surface area contributed by atoms with Crippen molar-refractivity contribution in [2.45, 2.75) is 104 Å². The molecule has 9 heteroatoms. The number of ether oxygens (including phenoxy) is 2. The molecule has 0 fully saturated rings. The summed E-state index contributed by atoms with van der Waals surface area (Å²) in [7, 11) is 1.53. The molecule has 0 aliphatic heterocycles. The molecular weight excluding hydrogens is 546 g/mol. The number of likely N-dealkylation sites (N-methyl/N-ethyl adjacent to an activating group) is 1. The Morgan fingerprint density at radius 3 is 1.95 bits per heavy atom. The second kappa shape index (κ2) is 15.0. The Balaban J connectivity index is 2.47. The number of esters is 1. The number of alkyl carbamates (subject to hydrolysis) is 1. The second-order valence-electron chi connectivity index (χ2n) is 13.4. The maximum atomic E-state index is 14.1. The number of aryl methyl sites for hydroxylation is 1. The Kier molecular flexibility index (Phi) is 12.3. The Morgan fingerprint density at radius 1 is 0.814 bits per heavy atom. The summed E-state index contributed by atoms with van der Waals surface area (Å²) in [6.45, 7) is 16.3. The third kappa shape index (κ3) is 12.1. The summed E-state index contributed by atoms with van der Waals surface area (Å²) in [6, 6.07) is 13.6. The van der Waals surface area contributed by atoms with Crippen LogP contribution in [0.1, 0.15) is 84.5 Å². The van der Waals surface area contributed by atoms with E-state index >= 15 is 0 Å². The van der Waals surface area contributed by atoms with Crippen molar-refractivity contribution in [3.05, 3.63) is 71.3 Å². The van der Waals surface area contributed by atoms with Gasteiger partial charge in [0.2, 0.25) is 11.8 Å². The van der Waals surface area contributed by atoms with E-state index in [1.807, 2.05) is 69.3 Å². The van der Waals surface area contributed by atoms with E-state index < -0.39 is 53.2 Å². The Hall–Kier alpha value is -3.88. The van der Waals surface area contributed by atoms with Gasteiger partial charge in [-0.25, -0.2) is 9.59 Å². The monoisotopic (exact) mass is 595 g/mol. The van der Waals surface area contributed by atoms with Crippen LogP contribution in [0.2, 0.25) is 0 Å². The van der Waals surface area contributed by atoms with E-state index in [1.165, 1.54) is 11.9 Å². The molecule has 0 aliphatic rings. The summed E-state index contributed by atoms with van der Waals surface area (Å²) in [6.07, 6.45) is -0.182. The summed E-state index contributed by atoms with van der Waals surface area (Å²) in [5.74, 6) is -1.52. The van der Waals surface area contributed by atoms with Crippen molar-refractivity contribution in [1.29, 1.82) is 0 Å². The topological polar surface area (TPSA) is 114 Å². The van der Waals surface area contributed by atoms with Gasteiger partial charge in [-0.3, -0.25) is 9.59 Å². The highest BCUT2D eigenvalue weighted by molar-refractivity contribution is 5.93. The van der Waals surface area contributed by atoms with Crippen LogP contribution in [0.3, 0.4) is 0 Å². The van der Waals surface area contributed by atoms with Crippen molar-refractivity contribution in [2.24, 2.45) is 5.92 Å². The average Bonchev–Trinajstić information content (AvgIpc) is 2.86. The molecule has 2 aromatic rings. The molecule has 0 radical (unpaired) electrons. The van der Waals surface area contributed by atoms with E-state index in [9.17, 15) is 19.2 Å². The molecule has 0 spiro atoms. The Morgan fingerprint density at radius 2 is 1.42 bits per heavy atom. The van der Waals surface area contributed by atoms with Gasteiger partial charge in [0.1, 0.15) is 29.3 Å². The first-order chi connectivity index (χ1) is 19.9. The first kappa shape index (κ1) is 35.3. The lowest BCUT2D eigenvalue weighted by molar-refractivity contribution is -0.159. The van der Waals surface area contributed by atoms with Gasteiger partial charge in [-0.05, 0) is 71.9 Å². The first-order valence-corrected chi connectivity index (χ1v) is 14.8. The molecule has 0 heterocycles. The molecule has 9 nitrogen and oxygen atoms in total. The van der Waals surface area contributed by atoms with Gasteiger partial charge in [0, 0.05) is 13.5 Å². The summed E-state index contributed by atoms with van der Waals surface area (Å²) < 4.78 is 11.1. The minimum Gasteiger partial charge on any atom is -0.458 e. The van der Waals surface area contributed by atoms with Crippen LogP contribution in [0.15, 0.2) is 54.6 Å². The lowest BCUT2D eigenvalue weighted by Gasteiger charge is -2.33. The van der Waals surface area contributed by atoms with Crippen LogP contribution in [0, 0.1) is 12.8 Å². The van der Waals surface area contributed by atoms with E-state index in [4.69, 9.17) is 9.47 Å². The maximum Gasteiger partial charge on any atom is 0.408 e. The number of nitrogens with one attached hydrogen (secondary N) is 2. The number of hydrogen-bond acceptors (Lipinski definition) is 6. The first-order valence-electron chi connectivity index (χ1n) is 14.8. The molecule has 236 valence electrons. The minimum atomic E-state index is -1.09. The predicted octanol–water partition coefficient (Wildman–Crippen LogP) is 5.50. The summed E-state index contributed by atoms with van der Waals surface area (Å²) in [4.78, 5) is 55.4. The zero-order valence-electron chi connectivity index (χ0n) is 27.3. The minimum absolute atomic E-state index is 0.0611. The van der Waals surface area contributed by atoms with Gasteiger partial charge in [-0.1, -0.05) is 74.0 Å². The van der Waals surface area contributed by atoms with E-state index in [-0.39, 0.29) is 12.3 Å². The number of amides is 3. The van der Waals surface area contributed by atoms with E-state index in [0.29, 0.717) is 12.0 Å². The second-order valence-corrected chi connectivity index (χ2v) is 13.4. The van der Waals surface area contributed by atoms with Gasteiger partial charge in [0.05, 0.1) is 0 Å². The standard InChI is InChI=1S/C34H49N3O6/c1-22(2)19-26(36-32(41)43-34(7,8)9)30(39)37(10)28(25-18-14-15-23(3)20-25)29(38)35-27(31(40)42-33(4,5)6)21-24-16-12-11-13-17-24/h11-18,20,22,26-28H,19,21H2,1-10H3,(H,35,38)(H,36,41). The van der Waals surface area contributed by atoms with Gasteiger partial charge in [0.25, 0.3) is 0 Å². The number of nitrogens with zero attached hydrogens (tertiary/aromatic N) is 1. The van der Waals surface area contributed by atoms with Gasteiger partial charge in [-0.2, -0.15) is 0 Å². The van der Waals surface area contributed by atoms with Crippen LogP contribution in [0.4, 0.5) is 4.79 Å². The number of carbonyl (C=O) groups is 4. The fourth-order valence-corrected chi connectivity index (χ4v) is 4.57. The molecule has 2 rings (SSSR count). The van der Waals surface area contributed by atoms with Crippen LogP contribution < -0.4 is 10.6 Å². The number of hydrogen-bond donors (Lipinski definition) is 2. The van der Waals surface area contributed by atoms with E-state index in [0.717, 1.165) is 11.1 Å². The average molecular weight is 596 g/mol. The fraction of sp³-hybridized carbons (Fsp3) is 0.529. The lowest BCUT2D eigenvalue weighted by Crippen LogP contribution is -2.54. The molecule has 0 aromatic heterocycles. The Labute approximate surface area is 256 Å². The third-order valence-electron chi connectivity index (χ3n) is 6.33. The molecule has 3 unspecified atom stereocenters. The fourth-order valence-electron chi connectivity index (χ4n) is 4.57. The van der Waals surface area contributed by atoms with Gasteiger partial charge in [-0.15, -0.1) is 0 Å². The molecule has 2 N–H and O–H groups in total. The van der Waals surface area contributed by atoms with Gasteiger partial charge in [0.15, 0.2) is 0 Å². The molecule has 3 amide bonds. The molecule has 0 aliphatic carbocycles. The van der Waals surface area contributed by atoms with Crippen LogP contribution >= 0.6 is 0 Å². The Bertz CT molecular complexity index is 1250. The normalized spacial score (nSPS) is 13.8. The third-order valence-corrected chi connectivity index (χ3v) is 6.33. The van der Waals surface area contributed by atoms with Crippen molar-refractivity contribution in [1.82, 2.24) is 15.5 Å². The molecule has 3 atom stereocenters. The van der Waals surface area contributed by atoms with Crippen molar-refractivity contribution in [3.63, 3.8) is 0 Å². The predicted molar refractivity (Wildman–Crippen MR) is 167 cm³/mol. The smallest absolute Gasteiger partial charge is 0.408 e. The largest absolute Gasteiger partial charge is 0.458 e. The maximum absolute atomic E-state index is 14.1. The number of carbonyl (C=O) groups excluding carboxylic acids is 4. The number of benzene rings is 2. The SMILES string of the molecule is Cc1cccc(C(C(=O)NC(Cc2ccccc2)C(=O)OC(C)(C)C)N(C)C(=O)C(CC(C)C)NC(=O)OC(C)(C)C)c1. The van der Waals surface area contributed by atoms with Crippen molar-refractivity contribution >= 4 is 23.9 Å². The highest BCUT2D eigenvalue weighted by Gasteiger charge is 2.37. The van der Waals surface area contributed by atoms with E-state index in [1.54, 1.807) is 47.6 Å². The molecule has 0 saturated heterocycles. The van der Waals surface area contributed by atoms with Crippen LogP contribution in [-0.2, 0) is 30.3 Å². The van der Waals surface area contributed by atoms with E-state index in [2.05, 4.69) is 10.6 Å². The lowest BCUT2D eigenvalue weighted by atomic mass is 9.98. The molecule has 43 heavy (non-hydrogen) atoms. The molecule has 0 saturated carbocycles. The summed E-state index contributed by atoms with van der Waals surface area (Å²) in [5.41, 5.74) is 0.789. The molecular formula is C34H49N3O6. The van der Waals surface area contributed by atoms with Crippen molar-refractivity contribution in [2.75, 3.05) is 7.05 Å². The highest BCUT2D eigenvalue weighted by atomic mass is 16.6. The zero-order chi connectivity index (χ0) is 32.5. The molecule has 2 aromatic carbocycles. The quantitative estimate of drug-likeness (QED) is 0.332. The molecule has 0 bridgehead atoms. The zero-order valence-corrected chi connectivity index (χ0v) is 27.3.